The molecule has 0 heterocycles. The normalized spacial score (nSPS) is 8.29. The van der Waals surface area contributed by atoms with Gasteiger partial charge in [0.1, 0.15) is 5.75 Å². The first-order valence-corrected chi connectivity index (χ1v) is 9.23. The van der Waals surface area contributed by atoms with Crippen molar-refractivity contribution in [1.82, 2.24) is 0 Å². The Kier molecular flexibility index (Phi) is 16.8. The van der Waals surface area contributed by atoms with Gasteiger partial charge in [-0.25, -0.2) is 4.79 Å². The Bertz CT molecular complexity index is 763. The molecule has 0 aliphatic carbocycles. The fourth-order valence-corrected chi connectivity index (χ4v) is 1.96. The first kappa shape index (κ1) is 27.7. The fourth-order valence-electron chi connectivity index (χ4n) is 1.96. The summed E-state index contributed by atoms with van der Waals surface area (Å²) in [6.07, 6.45) is 0. The van der Waals surface area contributed by atoms with Crippen LogP contribution in [0.4, 0.5) is 0 Å². The van der Waals surface area contributed by atoms with Gasteiger partial charge in [-0.05, 0) is 12.1 Å². The van der Waals surface area contributed by atoms with Crippen LogP contribution < -0.4 is 9.84 Å². The minimum atomic E-state index is -1.24. The average Bonchev–Trinajstić information content (AvgIpc) is 2.84. The van der Waals surface area contributed by atoms with Gasteiger partial charge in [0.05, 0.1) is 12.7 Å². The van der Waals surface area contributed by atoms with E-state index in [-0.39, 0.29) is 29.5 Å². The second kappa shape index (κ2) is 18.8. The number of carboxylic acid groups (broad SMARTS) is 1. The van der Waals surface area contributed by atoms with Crippen LogP contribution in [0.3, 0.4) is 0 Å². The van der Waals surface area contributed by atoms with Gasteiger partial charge in [0.25, 0.3) is 0 Å². The fraction of sp³-hybridized carbons (Fsp3) is 0.0385. The molecule has 0 atom stereocenters. The summed E-state index contributed by atoms with van der Waals surface area (Å²) < 4.78 is 4.76. The van der Waals surface area contributed by atoms with E-state index in [1.165, 1.54) is 25.3 Å². The van der Waals surface area contributed by atoms with E-state index in [4.69, 9.17) is 9.84 Å². The van der Waals surface area contributed by atoms with E-state index in [1.54, 1.807) is 0 Å². The molecule has 0 aliphatic heterocycles. The molecule has 0 aromatic heterocycles. The van der Waals surface area contributed by atoms with Crippen LogP contribution in [-0.2, 0) is 0 Å². The molecular weight excluding hydrogens is 495 g/mol. The van der Waals surface area contributed by atoms with Crippen LogP contribution in [0.25, 0.3) is 0 Å². The van der Waals surface area contributed by atoms with Crippen molar-refractivity contribution in [2.45, 2.75) is 0 Å². The van der Waals surface area contributed by atoms with E-state index in [2.05, 4.69) is 0 Å². The van der Waals surface area contributed by atoms with Gasteiger partial charge in [-0.1, -0.05) is 121 Å². The van der Waals surface area contributed by atoms with Crippen molar-refractivity contribution in [2.24, 2.45) is 0 Å². The van der Waals surface area contributed by atoms with Crippen molar-refractivity contribution in [1.29, 1.82) is 0 Å². The Balaban J connectivity index is 0.000000405. The molecule has 4 aromatic carbocycles. The summed E-state index contributed by atoms with van der Waals surface area (Å²) in [7, 11) is 1.41. The van der Waals surface area contributed by atoms with Gasteiger partial charge in [0.15, 0.2) is 0 Å². The predicted octanol–water partition coefficient (Wildman–Crippen LogP) is 5.15. The minimum Gasteiger partial charge on any atom is -0.872 e. The molecule has 4 aromatic rings. The van der Waals surface area contributed by atoms with E-state index in [9.17, 15) is 9.90 Å². The zero-order valence-electron chi connectivity index (χ0n) is 17.3. The molecule has 4 nitrogen and oxygen atoms in total. The number of carboxylic acids is 1. The summed E-state index contributed by atoms with van der Waals surface area (Å²) in [6, 6.07) is 39.8. The monoisotopic (exact) mass is 521 g/mol. The van der Waals surface area contributed by atoms with Crippen LogP contribution in [0, 0.1) is 0 Å². The number of aromatic carboxylic acids is 1. The zero-order valence-corrected chi connectivity index (χ0v) is 20.2. The summed E-state index contributed by atoms with van der Waals surface area (Å²) in [5, 5.41) is 19.4. The number of rotatable bonds is 2. The Labute approximate surface area is 200 Å². The van der Waals surface area contributed by atoms with Gasteiger partial charge >= 0.3 is 5.97 Å². The van der Waals surface area contributed by atoms with Crippen molar-refractivity contribution in [3.05, 3.63) is 133 Å². The number of methoxy groups -OCH3 is 1. The molecule has 1 N–H and O–H groups in total. The van der Waals surface area contributed by atoms with Gasteiger partial charge in [-0.15, -0.1) is 0 Å². The van der Waals surface area contributed by atoms with E-state index in [1.807, 2.05) is 109 Å². The third-order valence-electron chi connectivity index (χ3n) is 3.42. The van der Waals surface area contributed by atoms with E-state index in [0.29, 0.717) is 5.75 Å². The van der Waals surface area contributed by atoms with Crippen LogP contribution in [-0.4, -0.2) is 42.1 Å². The van der Waals surface area contributed by atoms with E-state index < -0.39 is 11.7 Å². The van der Waals surface area contributed by atoms with Crippen molar-refractivity contribution in [3.63, 3.8) is 0 Å². The van der Waals surface area contributed by atoms with Gasteiger partial charge in [0, 0.05) is 23.9 Å². The number of hydrogen-bond donors (Lipinski definition) is 1. The number of benzene rings is 4. The van der Waals surface area contributed by atoms with E-state index in [0.717, 1.165) is 0 Å². The SMILES string of the molecule is COc1ccc([O-])c(C(=O)O)c1.[Sn].c1ccccc1.c1ccccc1.c1ccccc1. The quantitative estimate of drug-likeness (QED) is 0.372. The van der Waals surface area contributed by atoms with Crippen LogP contribution in [0.5, 0.6) is 11.5 Å². The minimum absolute atomic E-state index is 0. The Morgan fingerprint density at radius 3 is 1.19 bits per heavy atom. The molecule has 0 bridgehead atoms. The molecule has 5 heteroatoms. The van der Waals surface area contributed by atoms with E-state index >= 15 is 0 Å². The third-order valence-corrected chi connectivity index (χ3v) is 3.42. The van der Waals surface area contributed by atoms with Crippen LogP contribution >= 0.6 is 0 Å². The van der Waals surface area contributed by atoms with Crippen LogP contribution in [0.2, 0.25) is 0 Å². The van der Waals surface area contributed by atoms with Gasteiger partial charge in [-0.3, -0.25) is 0 Å². The van der Waals surface area contributed by atoms with Crippen LogP contribution in [0.1, 0.15) is 10.4 Å². The van der Waals surface area contributed by atoms with Crippen molar-refractivity contribution >= 4 is 29.9 Å². The third kappa shape index (κ3) is 14.4. The molecule has 0 spiro atoms. The molecule has 0 amide bonds. The number of ether oxygens (including phenoxy) is 1. The summed E-state index contributed by atoms with van der Waals surface area (Å²) in [5.74, 6) is -1.38. The number of carbonyl (C=O) groups is 1. The topological polar surface area (TPSA) is 69.6 Å². The molecule has 0 unspecified atom stereocenters. The second-order valence-electron chi connectivity index (χ2n) is 5.63. The molecule has 4 rings (SSSR count). The molecule has 4 radical (unpaired) electrons. The van der Waals surface area contributed by atoms with Gasteiger partial charge in [0.2, 0.25) is 0 Å². The van der Waals surface area contributed by atoms with Crippen molar-refractivity contribution in [2.75, 3.05) is 7.11 Å². The Morgan fingerprint density at radius 1 is 0.677 bits per heavy atom. The maximum Gasteiger partial charge on any atom is 0.335 e. The van der Waals surface area contributed by atoms with Gasteiger partial charge < -0.3 is 14.9 Å². The predicted molar refractivity (Wildman–Crippen MR) is 124 cm³/mol. The molecule has 158 valence electrons. The summed E-state index contributed by atoms with van der Waals surface area (Å²) >= 11 is 0. The largest absolute Gasteiger partial charge is 0.872 e. The Hall–Kier alpha value is -3.25. The first-order chi connectivity index (χ1) is 14.6. The van der Waals surface area contributed by atoms with Gasteiger partial charge in [-0.2, -0.15) is 0 Å². The summed E-state index contributed by atoms with van der Waals surface area (Å²) in [5.41, 5.74) is -0.269. The first-order valence-electron chi connectivity index (χ1n) is 9.23. The molecule has 0 saturated carbocycles. The maximum atomic E-state index is 10.9. The van der Waals surface area contributed by atoms with Crippen LogP contribution in [0.15, 0.2) is 127 Å². The molecule has 0 saturated heterocycles. The zero-order chi connectivity index (χ0) is 21.9. The number of hydrogen-bond acceptors (Lipinski definition) is 3. The summed E-state index contributed by atoms with van der Waals surface area (Å²) in [4.78, 5) is 10.4. The average molecular weight is 520 g/mol. The summed E-state index contributed by atoms with van der Waals surface area (Å²) in [6.45, 7) is 0. The van der Waals surface area contributed by atoms with Crippen molar-refractivity contribution in [3.8, 4) is 11.5 Å². The standard InChI is InChI=1S/C8H8O4.3C6H6.Sn/c1-12-5-2-3-7(9)6(4-5)8(10)11;3*1-2-4-6-5-3-1;/h2-4,9H,1H3,(H,10,11);3*1-6H;/p-1. The second-order valence-corrected chi connectivity index (χ2v) is 5.63. The molecule has 0 fully saturated rings. The molecular formula is C26H25O4Sn-. The van der Waals surface area contributed by atoms with Crippen molar-refractivity contribution < 1.29 is 19.7 Å². The Morgan fingerprint density at radius 2 is 0.968 bits per heavy atom. The molecule has 31 heavy (non-hydrogen) atoms. The molecule has 0 aliphatic rings. The maximum absolute atomic E-state index is 10.9. The smallest absolute Gasteiger partial charge is 0.335 e.